The number of anilines is 2. The average molecular weight is 324 g/mol. The molecule has 0 saturated carbocycles. The Morgan fingerprint density at radius 2 is 2.00 bits per heavy atom. The molecule has 21 heavy (non-hydrogen) atoms. The Kier molecular flexibility index (Phi) is 4.90. The van der Waals surface area contributed by atoms with E-state index in [1.165, 1.54) is 21.3 Å². The molecule has 0 aliphatic heterocycles. The number of nitrogens with zero attached hydrogens (tertiary/aromatic N) is 1. The number of amides is 2. The summed E-state index contributed by atoms with van der Waals surface area (Å²) in [5.41, 5.74) is 6.23. The van der Waals surface area contributed by atoms with Crippen LogP contribution in [0.2, 0.25) is 0 Å². The van der Waals surface area contributed by atoms with Gasteiger partial charge in [0.05, 0.1) is 11.1 Å². The molecule has 0 radical (unpaired) electrons. The lowest BCUT2D eigenvalue weighted by atomic mass is 10.3. The number of benzene rings is 1. The summed E-state index contributed by atoms with van der Waals surface area (Å²) in [5.74, 6) is -0.328. The molecule has 0 unspecified atom stereocenters. The van der Waals surface area contributed by atoms with Crippen molar-refractivity contribution >= 4 is 47.2 Å². The highest BCUT2D eigenvalue weighted by Gasteiger charge is 2.08. The minimum atomic E-state index is -0.300. The van der Waals surface area contributed by atoms with Gasteiger partial charge in [-0.2, -0.15) is 0 Å². The monoisotopic (exact) mass is 324 g/mol. The Balaban J connectivity index is 1.96. The minimum absolute atomic E-state index is 0.0281. The normalized spacial score (nSPS) is 9.90. The van der Waals surface area contributed by atoms with Crippen LogP contribution < -0.4 is 16.2 Å². The van der Waals surface area contributed by atoms with E-state index in [4.69, 9.17) is 12.2 Å². The van der Waals surface area contributed by atoms with E-state index < -0.39 is 0 Å². The van der Waals surface area contributed by atoms with Gasteiger partial charge in [0.25, 0.3) is 0 Å². The van der Waals surface area contributed by atoms with Crippen molar-refractivity contribution in [3.8, 4) is 5.88 Å². The van der Waals surface area contributed by atoms with Gasteiger partial charge >= 0.3 is 0 Å². The molecule has 0 bridgehead atoms. The predicted octanol–water partition coefficient (Wildman–Crippen LogP) is 1.70. The van der Waals surface area contributed by atoms with Crippen LogP contribution in [0.15, 0.2) is 29.6 Å². The van der Waals surface area contributed by atoms with E-state index in [0.717, 1.165) is 0 Å². The molecule has 1 aromatic heterocycles. The Bertz CT molecular complexity index is 693. The van der Waals surface area contributed by atoms with Gasteiger partial charge in [-0.3, -0.25) is 25.0 Å². The van der Waals surface area contributed by atoms with E-state index in [1.807, 2.05) is 0 Å². The van der Waals surface area contributed by atoms with Gasteiger partial charge < -0.3 is 10.4 Å². The zero-order chi connectivity index (χ0) is 15.2. The van der Waals surface area contributed by atoms with Crippen molar-refractivity contribution in [3.05, 3.63) is 33.6 Å². The predicted molar refractivity (Wildman–Crippen MR) is 82.7 cm³/mol. The molecule has 2 amide bonds. The SMILES string of the molecule is O=CNNc1ccc(NC(=O)Cn2c(O)csc2=S)cc1. The van der Waals surface area contributed by atoms with Crippen molar-refractivity contribution in [2.24, 2.45) is 0 Å². The molecular weight excluding hydrogens is 312 g/mol. The summed E-state index contributed by atoms with van der Waals surface area (Å²) in [6.45, 7) is -0.0547. The molecule has 110 valence electrons. The second kappa shape index (κ2) is 6.86. The number of nitrogens with one attached hydrogen (secondary N) is 3. The molecule has 4 N–H and O–H groups in total. The van der Waals surface area contributed by atoms with Gasteiger partial charge in [-0.05, 0) is 36.5 Å². The summed E-state index contributed by atoms with van der Waals surface area (Å²) in [6.07, 6.45) is 0.520. The molecule has 2 rings (SSSR count). The molecule has 0 saturated heterocycles. The van der Waals surface area contributed by atoms with Crippen molar-refractivity contribution in [3.63, 3.8) is 0 Å². The van der Waals surface area contributed by atoms with Gasteiger partial charge in [-0.1, -0.05) is 0 Å². The van der Waals surface area contributed by atoms with E-state index in [1.54, 1.807) is 24.3 Å². The zero-order valence-electron chi connectivity index (χ0n) is 10.7. The molecule has 0 aliphatic rings. The molecule has 1 heterocycles. The van der Waals surface area contributed by atoms with Gasteiger partial charge in [0, 0.05) is 5.69 Å². The number of carbonyl (C=O) groups is 2. The van der Waals surface area contributed by atoms with Crippen LogP contribution in [0.4, 0.5) is 11.4 Å². The minimum Gasteiger partial charge on any atom is -0.494 e. The van der Waals surface area contributed by atoms with Crippen molar-refractivity contribution in [2.45, 2.75) is 6.54 Å². The molecule has 0 atom stereocenters. The molecule has 9 heteroatoms. The van der Waals surface area contributed by atoms with E-state index in [9.17, 15) is 14.7 Å². The van der Waals surface area contributed by atoms with Crippen LogP contribution in [-0.4, -0.2) is 22.0 Å². The fourth-order valence-electron chi connectivity index (χ4n) is 1.56. The fourth-order valence-corrected chi connectivity index (χ4v) is 2.48. The summed E-state index contributed by atoms with van der Waals surface area (Å²) in [6, 6.07) is 6.75. The van der Waals surface area contributed by atoms with Crippen molar-refractivity contribution in [1.29, 1.82) is 0 Å². The maximum absolute atomic E-state index is 11.9. The molecule has 1 aromatic carbocycles. The average Bonchev–Trinajstić information content (AvgIpc) is 2.78. The third-order valence-corrected chi connectivity index (χ3v) is 3.77. The number of hydrogen-bond donors (Lipinski definition) is 4. The number of thiazole rings is 1. The second-order valence-corrected chi connectivity index (χ2v) is 5.46. The lowest BCUT2D eigenvalue weighted by Gasteiger charge is -2.08. The van der Waals surface area contributed by atoms with Crippen LogP contribution in [0.1, 0.15) is 0 Å². The highest BCUT2D eigenvalue weighted by molar-refractivity contribution is 7.73. The topological polar surface area (TPSA) is 95.4 Å². The van der Waals surface area contributed by atoms with E-state index >= 15 is 0 Å². The molecule has 0 fully saturated rings. The lowest BCUT2D eigenvalue weighted by molar-refractivity contribution is -0.116. The second-order valence-electron chi connectivity index (χ2n) is 3.96. The Labute approximate surface area is 129 Å². The summed E-state index contributed by atoms with van der Waals surface area (Å²) in [7, 11) is 0. The standard InChI is InChI=1S/C12H12N4O3S2/c17-7-13-15-9-3-1-8(2-4-9)14-10(18)5-16-11(19)6-21-12(16)20/h1-4,6-7,15,19H,5H2,(H,13,17)(H,14,18). The number of hydrogen-bond acceptors (Lipinski definition) is 6. The zero-order valence-corrected chi connectivity index (χ0v) is 12.3. The van der Waals surface area contributed by atoms with Crippen LogP contribution in [-0.2, 0) is 16.1 Å². The molecule has 0 aliphatic carbocycles. The van der Waals surface area contributed by atoms with Crippen LogP contribution in [0.25, 0.3) is 0 Å². The van der Waals surface area contributed by atoms with E-state index in [2.05, 4.69) is 16.2 Å². The first-order valence-electron chi connectivity index (χ1n) is 5.82. The van der Waals surface area contributed by atoms with Crippen molar-refractivity contribution < 1.29 is 14.7 Å². The quantitative estimate of drug-likeness (QED) is 0.368. The maximum atomic E-state index is 11.9. The summed E-state index contributed by atoms with van der Waals surface area (Å²) >= 11 is 6.20. The van der Waals surface area contributed by atoms with Crippen LogP contribution in [0.3, 0.4) is 0 Å². The number of rotatable bonds is 6. The first-order valence-corrected chi connectivity index (χ1v) is 7.11. The highest BCUT2D eigenvalue weighted by atomic mass is 32.1. The highest BCUT2D eigenvalue weighted by Crippen LogP contribution is 2.17. The van der Waals surface area contributed by atoms with Crippen molar-refractivity contribution in [2.75, 3.05) is 10.7 Å². The van der Waals surface area contributed by atoms with Gasteiger partial charge in [-0.25, -0.2) is 0 Å². The third-order valence-electron chi connectivity index (χ3n) is 2.51. The third kappa shape index (κ3) is 4.04. The summed E-state index contributed by atoms with van der Waals surface area (Å²) in [4.78, 5) is 22.0. The van der Waals surface area contributed by atoms with Crippen LogP contribution in [0.5, 0.6) is 5.88 Å². The molecule has 2 aromatic rings. The summed E-state index contributed by atoms with van der Waals surface area (Å²) < 4.78 is 1.78. The fraction of sp³-hybridized carbons (Fsp3) is 0.0833. The number of carbonyl (C=O) groups excluding carboxylic acids is 2. The number of hydrazine groups is 1. The van der Waals surface area contributed by atoms with E-state index in [0.29, 0.717) is 21.7 Å². The smallest absolute Gasteiger partial charge is 0.244 e. The molecular formula is C12H12N4O3S2. The van der Waals surface area contributed by atoms with E-state index in [-0.39, 0.29) is 18.3 Å². The van der Waals surface area contributed by atoms with Crippen LogP contribution in [0, 0.1) is 3.95 Å². The Hall–Kier alpha value is -2.39. The Morgan fingerprint density at radius 1 is 1.33 bits per heavy atom. The summed E-state index contributed by atoms with van der Waals surface area (Å²) in [5, 5.41) is 13.7. The van der Waals surface area contributed by atoms with Gasteiger partial charge in [-0.15, -0.1) is 11.3 Å². The van der Waals surface area contributed by atoms with Gasteiger partial charge in [0.2, 0.25) is 18.2 Å². The Morgan fingerprint density at radius 3 is 2.57 bits per heavy atom. The number of aromatic hydroxyl groups is 1. The number of aromatic nitrogens is 1. The largest absolute Gasteiger partial charge is 0.494 e. The molecule has 0 spiro atoms. The first-order chi connectivity index (χ1) is 10.1. The lowest BCUT2D eigenvalue weighted by Crippen LogP contribution is -2.19. The van der Waals surface area contributed by atoms with Crippen molar-refractivity contribution in [1.82, 2.24) is 9.99 Å². The first kappa shape index (κ1) is 15.0. The van der Waals surface area contributed by atoms with Gasteiger partial charge in [0.15, 0.2) is 3.95 Å². The maximum Gasteiger partial charge on any atom is 0.244 e. The molecule has 7 nitrogen and oxygen atoms in total. The van der Waals surface area contributed by atoms with Gasteiger partial charge in [0.1, 0.15) is 6.54 Å². The van der Waals surface area contributed by atoms with Crippen LogP contribution >= 0.6 is 23.6 Å².